The third kappa shape index (κ3) is 5.05. The second-order valence-electron chi connectivity index (χ2n) is 6.86. The number of amides is 1. The average molecular weight is 475 g/mol. The van der Waals surface area contributed by atoms with Crippen LogP contribution in [0.25, 0.3) is 17.1 Å². The number of hydrogen-bond donors (Lipinski definition) is 0. The Hall–Kier alpha value is -3.27. The predicted molar refractivity (Wildman–Crippen MR) is 125 cm³/mol. The van der Waals surface area contributed by atoms with E-state index in [0.717, 1.165) is 0 Å². The van der Waals surface area contributed by atoms with Crippen LogP contribution in [-0.4, -0.2) is 65.7 Å². The van der Waals surface area contributed by atoms with E-state index in [1.807, 2.05) is 13.8 Å². The first kappa shape index (κ1) is 24.4. The van der Waals surface area contributed by atoms with E-state index in [0.29, 0.717) is 46.9 Å². The fourth-order valence-corrected chi connectivity index (χ4v) is 4.25. The van der Waals surface area contributed by atoms with Crippen molar-refractivity contribution < 1.29 is 23.4 Å². The summed E-state index contributed by atoms with van der Waals surface area (Å²) in [6, 6.07) is 9.78. The van der Waals surface area contributed by atoms with Gasteiger partial charge in [-0.05, 0) is 38.1 Å². The molecule has 0 aliphatic rings. The van der Waals surface area contributed by atoms with Gasteiger partial charge in [0.25, 0.3) is 0 Å². The van der Waals surface area contributed by atoms with Crippen LogP contribution in [0.15, 0.2) is 41.6 Å². The Balaban J connectivity index is 2.12. The molecule has 2 aromatic carbocycles. The van der Waals surface area contributed by atoms with Gasteiger partial charge in [-0.15, -0.1) is 10.2 Å². The Labute approximate surface area is 196 Å². The van der Waals surface area contributed by atoms with E-state index in [2.05, 4.69) is 10.2 Å². The van der Waals surface area contributed by atoms with Crippen LogP contribution in [0.3, 0.4) is 0 Å². The number of thioether (sulfide) groups is 1. The SMILES string of the molecule is CCN(CC)C(=O)CSc1nnc(-c2cc(OC)c(OC)c(OC)c2)n1-c1ccccc1F. The van der Waals surface area contributed by atoms with Crippen molar-refractivity contribution in [1.29, 1.82) is 0 Å². The van der Waals surface area contributed by atoms with Crippen molar-refractivity contribution >= 4 is 17.7 Å². The van der Waals surface area contributed by atoms with Crippen molar-refractivity contribution in [3.63, 3.8) is 0 Å². The summed E-state index contributed by atoms with van der Waals surface area (Å²) in [7, 11) is 4.55. The van der Waals surface area contributed by atoms with Crippen LogP contribution in [0.4, 0.5) is 4.39 Å². The minimum absolute atomic E-state index is 0.0255. The van der Waals surface area contributed by atoms with E-state index in [1.54, 1.807) is 39.8 Å². The van der Waals surface area contributed by atoms with Gasteiger partial charge < -0.3 is 19.1 Å². The van der Waals surface area contributed by atoms with Gasteiger partial charge in [0.15, 0.2) is 22.5 Å². The lowest BCUT2D eigenvalue weighted by Gasteiger charge is -2.18. The Morgan fingerprint density at radius 1 is 1.03 bits per heavy atom. The second-order valence-corrected chi connectivity index (χ2v) is 7.80. The van der Waals surface area contributed by atoms with E-state index in [9.17, 15) is 9.18 Å². The minimum Gasteiger partial charge on any atom is -0.493 e. The zero-order chi connectivity index (χ0) is 24.0. The topological polar surface area (TPSA) is 78.7 Å². The number of halogens is 1. The number of benzene rings is 2. The highest BCUT2D eigenvalue weighted by atomic mass is 32.2. The monoisotopic (exact) mass is 474 g/mol. The molecule has 0 bridgehead atoms. The summed E-state index contributed by atoms with van der Waals surface area (Å²) in [4.78, 5) is 14.3. The van der Waals surface area contributed by atoms with Gasteiger partial charge in [0.1, 0.15) is 5.82 Å². The number of aromatic nitrogens is 3. The first-order valence-electron chi connectivity index (χ1n) is 10.4. The summed E-state index contributed by atoms with van der Waals surface area (Å²) >= 11 is 1.21. The summed E-state index contributed by atoms with van der Waals surface area (Å²) in [6.45, 7) is 5.09. The van der Waals surface area contributed by atoms with Gasteiger partial charge >= 0.3 is 0 Å². The second kappa shape index (κ2) is 11.0. The quantitative estimate of drug-likeness (QED) is 0.410. The highest BCUT2D eigenvalue weighted by Gasteiger charge is 2.23. The van der Waals surface area contributed by atoms with Crippen molar-refractivity contribution in [3.05, 3.63) is 42.2 Å². The molecule has 0 saturated heterocycles. The lowest BCUT2D eigenvalue weighted by atomic mass is 10.1. The zero-order valence-corrected chi connectivity index (χ0v) is 20.1. The standard InChI is InChI=1S/C23H27FN4O4S/c1-6-27(7-2)20(29)14-33-23-26-25-22(28(23)17-11-9-8-10-16(17)24)15-12-18(30-3)21(32-5)19(13-15)31-4/h8-13H,6-7,14H2,1-5H3. The lowest BCUT2D eigenvalue weighted by Crippen LogP contribution is -2.31. The summed E-state index contributed by atoms with van der Waals surface area (Å²) in [5.74, 6) is 1.35. The summed E-state index contributed by atoms with van der Waals surface area (Å²) in [6.07, 6.45) is 0. The number of carbonyl (C=O) groups is 1. The smallest absolute Gasteiger partial charge is 0.233 e. The Morgan fingerprint density at radius 3 is 2.21 bits per heavy atom. The Kier molecular flexibility index (Phi) is 8.16. The molecule has 1 amide bonds. The van der Waals surface area contributed by atoms with Gasteiger partial charge in [-0.1, -0.05) is 23.9 Å². The molecule has 3 rings (SSSR count). The maximum absolute atomic E-state index is 14.8. The normalized spacial score (nSPS) is 10.7. The fraction of sp³-hybridized carbons (Fsp3) is 0.348. The van der Waals surface area contributed by atoms with Crippen LogP contribution in [0, 0.1) is 5.82 Å². The zero-order valence-electron chi connectivity index (χ0n) is 19.3. The van der Waals surface area contributed by atoms with E-state index in [4.69, 9.17) is 14.2 Å². The first-order valence-corrected chi connectivity index (χ1v) is 11.4. The number of methoxy groups -OCH3 is 3. The highest BCUT2D eigenvalue weighted by Crippen LogP contribution is 2.41. The molecule has 0 radical (unpaired) electrons. The lowest BCUT2D eigenvalue weighted by molar-refractivity contribution is -0.127. The van der Waals surface area contributed by atoms with Crippen LogP contribution in [0.2, 0.25) is 0 Å². The average Bonchev–Trinajstić information content (AvgIpc) is 3.26. The largest absolute Gasteiger partial charge is 0.493 e. The maximum Gasteiger partial charge on any atom is 0.233 e. The molecule has 0 N–H and O–H groups in total. The van der Waals surface area contributed by atoms with E-state index >= 15 is 0 Å². The van der Waals surface area contributed by atoms with Gasteiger partial charge in [0.2, 0.25) is 11.7 Å². The van der Waals surface area contributed by atoms with E-state index < -0.39 is 5.82 Å². The number of ether oxygens (including phenoxy) is 3. The Morgan fingerprint density at radius 2 is 1.67 bits per heavy atom. The van der Waals surface area contributed by atoms with Gasteiger partial charge in [-0.25, -0.2) is 4.39 Å². The van der Waals surface area contributed by atoms with Crippen LogP contribution in [0.5, 0.6) is 17.2 Å². The molecule has 33 heavy (non-hydrogen) atoms. The maximum atomic E-state index is 14.8. The van der Waals surface area contributed by atoms with Crippen molar-refractivity contribution in [2.45, 2.75) is 19.0 Å². The molecule has 1 aromatic heterocycles. The fourth-order valence-electron chi connectivity index (χ4n) is 3.40. The van der Waals surface area contributed by atoms with Gasteiger partial charge in [-0.3, -0.25) is 9.36 Å². The third-order valence-corrected chi connectivity index (χ3v) is 6.00. The molecule has 0 unspecified atom stereocenters. The molecular formula is C23H27FN4O4S. The van der Waals surface area contributed by atoms with Gasteiger partial charge in [0.05, 0.1) is 32.8 Å². The molecule has 0 saturated carbocycles. The van der Waals surface area contributed by atoms with Crippen LogP contribution < -0.4 is 14.2 Å². The predicted octanol–water partition coefficient (Wildman–Crippen LogP) is 4.06. The number of hydrogen-bond acceptors (Lipinski definition) is 7. The first-order chi connectivity index (χ1) is 16.0. The van der Waals surface area contributed by atoms with Crippen molar-refractivity contribution in [2.75, 3.05) is 40.2 Å². The molecule has 0 fully saturated rings. The number of rotatable bonds is 10. The number of nitrogens with zero attached hydrogens (tertiary/aromatic N) is 4. The molecule has 3 aromatic rings. The minimum atomic E-state index is -0.442. The van der Waals surface area contributed by atoms with Crippen molar-refractivity contribution in [2.24, 2.45) is 0 Å². The number of carbonyl (C=O) groups excluding carboxylic acids is 1. The summed E-state index contributed by atoms with van der Waals surface area (Å²) < 4.78 is 32.7. The van der Waals surface area contributed by atoms with Crippen LogP contribution in [0.1, 0.15) is 13.8 Å². The van der Waals surface area contributed by atoms with E-state index in [1.165, 1.54) is 39.2 Å². The summed E-state index contributed by atoms with van der Waals surface area (Å²) in [5.41, 5.74) is 0.853. The summed E-state index contributed by atoms with van der Waals surface area (Å²) in [5, 5.41) is 8.99. The highest BCUT2D eigenvalue weighted by molar-refractivity contribution is 7.99. The third-order valence-electron chi connectivity index (χ3n) is 5.09. The Bertz CT molecular complexity index is 1090. The molecule has 8 nitrogen and oxygen atoms in total. The molecule has 176 valence electrons. The molecule has 0 aliphatic carbocycles. The number of para-hydroxylation sites is 1. The molecular weight excluding hydrogens is 447 g/mol. The molecule has 1 heterocycles. The molecule has 0 aliphatic heterocycles. The van der Waals surface area contributed by atoms with Gasteiger partial charge in [0, 0.05) is 18.7 Å². The van der Waals surface area contributed by atoms with Crippen LogP contribution in [-0.2, 0) is 4.79 Å². The van der Waals surface area contributed by atoms with Crippen molar-refractivity contribution in [3.8, 4) is 34.3 Å². The molecule has 10 heteroatoms. The van der Waals surface area contributed by atoms with Crippen molar-refractivity contribution in [1.82, 2.24) is 19.7 Å². The molecule has 0 spiro atoms. The van der Waals surface area contributed by atoms with E-state index in [-0.39, 0.29) is 17.3 Å². The van der Waals surface area contributed by atoms with Crippen LogP contribution >= 0.6 is 11.8 Å². The molecule has 0 atom stereocenters. The van der Waals surface area contributed by atoms with Gasteiger partial charge in [-0.2, -0.15) is 0 Å².